The van der Waals surface area contributed by atoms with Crippen LogP contribution in [0.2, 0.25) is 0 Å². The molecule has 0 aliphatic heterocycles. The largest absolute Gasteiger partial charge is 0.318 e. The SMILES string of the molecule is Cc1nn(C)c(C)c1CCC(=O)NNC(=O)c1cc(C)n(-c2ccccc2)c1C. The maximum Gasteiger partial charge on any atom is 0.271 e. The van der Waals surface area contributed by atoms with E-state index in [0.717, 1.165) is 34.0 Å². The average molecular weight is 393 g/mol. The summed E-state index contributed by atoms with van der Waals surface area (Å²) in [5.41, 5.74) is 11.4. The smallest absolute Gasteiger partial charge is 0.271 e. The summed E-state index contributed by atoms with van der Waals surface area (Å²) in [7, 11) is 1.89. The third kappa shape index (κ3) is 4.23. The van der Waals surface area contributed by atoms with Crippen LogP contribution in [0.3, 0.4) is 0 Å². The van der Waals surface area contributed by atoms with Gasteiger partial charge < -0.3 is 4.57 Å². The van der Waals surface area contributed by atoms with Gasteiger partial charge in [-0.2, -0.15) is 5.10 Å². The van der Waals surface area contributed by atoms with Crippen LogP contribution >= 0.6 is 0 Å². The number of aryl methyl sites for hydroxylation is 3. The lowest BCUT2D eigenvalue weighted by Crippen LogP contribution is -2.41. The Balaban J connectivity index is 1.62. The summed E-state index contributed by atoms with van der Waals surface area (Å²) < 4.78 is 3.83. The van der Waals surface area contributed by atoms with Crippen molar-refractivity contribution in [2.75, 3.05) is 0 Å². The predicted molar refractivity (Wildman–Crippen MR) is 112 cm³/mol. The summed E-state index contributed by atoms with van der Waals surface area (Å²) in [6.07, 6.45) is 0.854. The molecule has 0 aliphatic carbocycles. The summed E-state index contributed by atoms with van der Waals surface area (Å²) >= 11 is 0. The number of para-hydroxylation sites is 1. The summed E-state index contributed by atoms with van der Waals surface area (Å²) in [5.74, 6) is -0.569. The number of aromatic nitrogens is 3. The van der Waals surface area contributed by atoms with Crippen LogP contribution in [0, 0.1) is 27.7 Å². The zero-order valence-corrected chi connectivity index (χ0v) is 17.5. The van der Waals surface area contributed by atoms with Crippen molar-refractivity contribution in [3.05, 3.63) is 70.3 Å². The lowest BCUT2D eigenvalue weighted by molar-refractivity contribution is -0.121. The maximum atomic E-state index is 12.6. The highest BCUT2D eigenvalue weighted by Crippen LogP contribution is 2.20. The van der Waals surface area contributed by atoms with Gasteiger partial charge in [0.2, 0.25) is 5.91 Å². The van der Waals surface area contributed by atoms with E-state index in [1.165, 1.54) is 0 Å². The average Bonchev–Trinajstić information content (AvgIpc) is 3.13. The van der Waals surface area contributed by atoms with Crippen LogP contribution in [0.4, 0.5) is 0 Å². The van der Waals surface area contributed by atoms with Crippen molar-refractivity contribution >= 4 is 11.8 Å². The van der Waals surface area contributed by atoms with E-state index in [2.05, 4.69) is 16.0 Å². The van der Waals surface area contributed by atoms with Crippen LogP contribution in [0.25, 0.3) is 5.69 Å². The number of amides is 2. The zero-order valence-electron chi connectivity index (χ0n) is 17.5. The molecule has 7 heteroatoms. The fourth-order valence-corrected chi connectivity index (χ4v) is 3.64. The molecule has 0 fully saturated rings. The van der Waals surface area contributed by atoms with Crippen LogP contribution in [0.1, 0.15) is 45.1 Å². The Morgan fingerprint density at radius 2 is 1.69 bits per heavy atom. The minimum atomic E-state index is -0.331. The second-order valence-corrected chi connectivity index (χ2v) is 7.23. The Morgan fingerprint density at radius 3 is 2.31 bits per heavy atom. The Morgan fingerprint density at radius 1 is 1.00 bits per heavy atom. The number of carbonyl (C=O) groups is 2. The highest BCUT2D eigenvalue weighted by molar-refractivity contribution is 5.97. The van der Waals surface area contributed by atoms with Gasteiger partial charge in [-0.3, -0.25) is 25.1 Å². The number of hydrogen-bond acceptors (Lipinski definition) is 3. The number of rotatable bonds is 5. The molecule has 3 aromatic rings. The Kier molecular flexibility index (Phi) is 5.87. The van der Waals surface area contributed by atoms with Gasteiger partial charge in [0.15, 0.2) is 0 Å². The molecule has 0 spiro atoms. The van der Waals surface area contributed by atoms with Gasteiger partial charge in [-0.1, -0.05) is 18.2 Å². The van der Waals surface area contributed by atoms with Crippen molar-refractivity contribution in [3.8, 4) is 5.69 Å². The number of carbonyl (C=O) groups excluding carboxylic acids is 2. The Hall–Kier alpha value is -3.35. The van der Waals surface area contributed by atoms with Crippen molar-refractivity contribution in [2.45, 2.75) is 40.5 Å². The second kappa shape index (κ2) is 8.34. The topological polar surface area (TPSA) is 81.0 Å². The van der Waals surface area contributed by atoms with Crippen molar-refractivity contribution in [1.29, 1.82) is 0 Å². The van der Waals surface area contributed by atoms with E-state index in [1.807, 2.05) is 80.4 Å². The molecule has 7 nitrogen and oxygen atoms in total. The summed E-state index contributed by atoms with van der Waals surface area (Å²) in [4.78, 5) is 24.8. The molecule has 0 bridgehead atoms. The van der Waals surface area contributed by atoms with E-state index in [0.29, 0.717) is 12.0 Å². The van der Waals surface area contributed by atoms with Gasteiger partial charge in [-0.05, 0) is 57.9 Å². The fourth-order valence-electron chi connectivity index (χ4n) is 3.64. The van der Waals surface area contributed by atoms with Gasteiger partial charge in [0.1, 0.15) is 0 Å². The highest BCUT2D eigenvalue weighted by atomic mass is 16.2. The van der Waals surface area contributed by atoms with E-state index >= 15 is 0 Å². The van der Waals surface area contributed by atoms with E-state index in [-0.39, 0.29) is 18.2 Å². The quantitative estimate of drug-likeness (QED) is 0.654. The van der Waals surface area contributed by atoms with E-state index in [4.69, 9.17) is 0 Å². The van der Waals surface area contributed by atoms with Crippen LogP contribution in [-0.2, 0) is 18.3 Å². The molecule has 2 N–H and O–H groups in total. The number of nitrogens with one attached hydrogen (secondary N) is 2. The first-order valence-electron chi connectivity index (χ1n) is 9.62. The molecule has 2 heterocycles. The van der Waals surface area contributed by atoms with Gasteiger partial charge in [0.05, 0.1) is 11.3 Å². The van der Waals surface area contributed by atoms with E-state index in [1.54, 1.807) is 0 Å². The van der Waals surface area contributed by atoms with Gasteiger partial charge in [0.25, 0.3) is 5.91 Å². The van der Waals surface area contributed by atoms with E-state index < -0.39 is 0 Å². The predicted octanol–water partition coefficient (Wildman–Crippen LogP) is 2.84. The third-order valence-corrected chi connectivity index (χ3v) is 5.27. The van der Waals surface area contributed by atoms with Crippen LogP contribution in [0.15, 0.2) is 36.4 Å². The number of benzene rings is 1. The van der Waals surface area contributed by atoms with Crippen LogP contribution < -0.4 is 10.9 Å². The molecule has 29 heavy (non-hydrogen) atoms. The lowest BCUT2D eigenvalue weighted by atomic mass is 10.1. The zero-order chi connectivity index (χ0) is 21.1. The molecule has 2 amide bonds. The van der Waals surface area contributed by atoms with Crippen molar-refractivity contribution < 1.29 is 9.59 Å². The standard InChI is InChI=1S/C22H27N5O2/c1-14-13-20(17(4)27(14)18-9-7-6-8-10-18)22(29)24-23-21(28)12-11-19-15(2)25-26(5)16(19)3/h6-10,13H,11-12H2,1-5H3,(H,23,28)(H,24,29). The molecule has 0 radical (unpaired) electrons. The molecular weight excluding hydrogens is 366 g/mol. The molecular formula is C22H27N5O2. The highest BCUT2D eigenvalue weighted by Gasteiger charge is 2.17. The summed E-state index contributed by atoms with van der Waals surface area (Å²) in [6, 6.07) is 11.7. The summed E-state index contributed by atoms with van der Waals surface area (Å²) in [6.45, 7) is 7.76. The van der Waals surface area contributed by atoms with E-state index in [9.17, 15) is 9.59 Å². The maximum absolute atomic E-state index is 12.6. The molecule has 152 valence electrons. The second-order valence-electron chi connectivity index (χ2n) is 7.23. The summed E-state index contributed by atoms with van der Waals surface area (Å²) in [5, 5.41) is 4.36. The first-order chi connectivity index (χ1) is 13.8. The number of hydrazine groups is 1. The van der Waals surface area contributed by atoms with Crippen molar-refractivity contribution in [3.63, 3.8) is 0 Å². The lowest BCUT2D eigenvalue weighted by Gasteiger charge is -2.10. The normalized spacial score (nSPS) is 10.8. The van der Waals surface area contributed by atoms with Crippen molar-refractivity contribution in [1.82, 2.24) is 25.2 Å². The third-order valence-electron chi connectivity index (χ3n) is 5.27. The number of hydrogen-bond donors (Lipinski definition) is 2. The Bertz CT molecular complexity index is 1050. The Labute approximate surface area is 170 Å². The minimum absolute atomic E-state index is 0.238. The molecule has 0 saturated heterocycles. The molecule has 0 aliphatic rings. The minimum Gasteiger partial charge on any atom is -0.318 e. The molecule has 0 unspecified atom stereocenters. The van der Waals surface area contributed by atoms with Gasteiger partial charge >= 0.3 is 0 Å². The molecule has 3 rings (SSSR count). The van der Waals surface area contributed by atoms with Gasteiger partial charge in [0, 0.05) is 36.2 Å². The number of nitrogens with zero attached hydrogens (tertiary/aromatic N) is 3. The molecule has 0 saturated carbocycles. The monoisotopic (exact) mass is 393 g/mol. The van der Waals surface area contributed by atoms with Gasteiger partial charge in [-0.15, -0.1) is 0 Å². The molecule has 2 aromatic heterocycles. The fraction of sp³-hybridized carbons (Fsp3) is 0.318. The van der Waals surface area contributed by atoms with Crippen LogP contribution in [0.5, 0.6) is 0 Å². The van der Waals surface area contributed by atoms with Crippen LogP contribution in [-0.4, -0.2) is 26.2 Å². The molecule has 1 aromatic carbocycles. The van der Waals surface area contributed by atoms with Crippen molar-refractivity contribution in [2.24, 2.45) is 7.05 Å². The molecule has 0 atom stereocenters. The first kappa shape index (κ1) is 20.4. The van der Waals surface area contributed by atoms with Gasteiger partial charge in [-0.25, -0.2) is 0 Å². The first-order valence-corrected chi connectivity index (χ1v) is 9.62.